The summed E-state index contributed by atoms with van der Waals surface area (Å²) in [5.74, 6) is -0.754. The van der Waals surface area contributed by atoms with Crippen molar-refractivity contribution in [3.8, 4) is 5.75 Å². The van der Waals surface area contributed by atoms with Crippen LogP contribution >= 0.6 is 11.6 Å². The maximum atomic E-state index is 13.3. The van der Waals surface area contributed by atoms with Crippen LogP contribution in [0.4, 0.5) is 0 Å². The van der Waals surface area contributed by atoms with E-state index in [1.807, 2.05) is 19.9 Å². The van der Waals surface area contributed by atoms with Crippen LogP contribution in [0.2, 0.25) is 5.02 Å². The van der Waals surface area contributed by atoms with Crippen molar-refractivity contribution >= 4 is 29.1 Å². The van der Waals surface area contributed by atoms with Crippen LogP contribution in [0.5, 0.6) is 5.75 Å². The zero-order chi connectivity index (χ0) is 25.7. The summed E-state index contributed by atoms with van der Waals surface area (Å²) >= 11 is 6.11. The van der Waals surface area contributed by atoms with E-state index in [2.05, 4.69) is 4.90 Å². The average Bonchev–Trinajstić information content (AvgIpc) is 3.13. The molecule has 2 aromatic carbocycles. The predicted octanol–water partition coefficient (Wildman–Crippen LogP) is 4.58. The molecule has 2 heterocycles. The van der Waals surface area contributed by atoms with Gasteiger partial charge >= 0.3 is 0 Å². The lowest BCUT2D eigenvalue weighted by atomic mass is 9.94. The summed E-state index contributed by atoms with van der Waals surface area (Å²) in [4.78, 5) is 30.3. The lowest BCUT2D eigenvalue weighted by Crippen LogP contribution is -2.38. The average molecular weight is 513 g/mol. The molecule has 2 aliphatic rings. The van der Waals surface area contributed by atoms with Crippen molar-refractivity contribution in [3.05, 3.63) is 69.8 Å². The first-order valence-corrected chi connectivity index (χ1v) is 12.9. The van der Waals surface area contributed by atoms with Crippen molar-refractivity contribution in [2.24, 2.45) is 0 Å². The molecule has 2 aliphatic heterocycles. The molecule has 0 aliphatic carbocycles. The number of nitrogens with zero attached hydrogens (tertiary/aromatic N) is 2. The first kappa shape index (κ1) is 26.2. The number of benzene rings is 2. The molecule has 2 fully saturated rings. The number of rotatable bonds is 9. The van der Waals surface area contributed by atoms with Crippen molar-refractivity contribution in [2.45, 2.75) is 32.7 Å². The van der Waals surface area contributed by atoms with Crippen LogP contribution in [-0.2, 0) is 14.3 Å². The van der Waals surface area contributed by atoms with Crippen LogP contribution in [0.15, 0.2) is 48.0 Å². The number of hydrogen-bond acceptors (Lipinski definition) is 6. The van der Waals surface area contributed by atoms with Gasteiger partial charge in [0, 0.05) is 36.8 Å². The molecule has 36 heavy (non-hydrogen) atoms. The summed E-state index contributed by atoms with van der Waals surface area (Å²) in [6.45, 7) is 8.80. The number of ketones is 1. The highest BCUT2D eigenvalue weighted by Crippen LogP contribution is 2.40. The second-order valence-electron chi connectivity index (χ2n) is 9.18. The molecule has 0 radical (unpaired) electrons. The topological polar surface area (TPSA) is 79.3 Å². The fraction of sp³-hybridized carbons (Fsp3) is 0.429. The van der Waals surface area contributed by atoms with Gasteiger partial charge in [0.15, 0.2) is 0 Å². The highest BCUT2D eigenvalue weighted by Gasteiger charge is 2.46. The van der Waals surface area contributed by atoms with Gasteiger partial charge in [-0.05, 0) is 61.2 Å². The molecule has 2 saturated heterocycles. The van der Waals surface area contributed by atoms with E-state index in [0.717, 1.165) is 37.2 Å². The SMILES string of the molecule is CCCOc1ccc(/C(O)=C2\C(=O)C(=O)N(CCCN3CCOCC3)C2c2ccc(Cl)cc2)c(C)c1. The minimum Gasteiger partial charge on any atom is -0.507 e. The number of ether oxygens (including phenoxy) is 2. The van der Waals surface area contributed by atoms with Crippen LogP contribution in [0.25, 0.3) is 5.76 Å². The van der Waals surface area contributed by atoms with Crippen LogP contribution in [0.3, 0.4) is 0 Å². The second-order valence-corrected chi connectivity index (χ2v) is 9.61. The molecule has 2 aromatic rings. The summed E-state index contributed by atoms with van der Waals surface area (Å²) in [6, 6.07) is 11.7. The number of aliphatic hydroxyl groups is 1. The summed E-state index contributed by atoms with van der Waals surface area (Å²) in [7, 11) is 0. The fourth-order valence-electron chi connectivity index (χ4n) is 4.75. The lowest BCUT2D eigenvalue weighted by molar-refractivity contribution is -0.140. The highest BCUT2D eigenvalue weighted by atomic mass is 35.5. The van der Waals surface area contributed by atoms with Crippen LogP contribution in [0, 0.1) is 6.92 Å². The largest absolute Gasteiger partial charge is 0.507 e. The predicted molar refractivity (Wildman–Crippen MR) is 139 cm³/mol. The maximum Gasteiger partial charge on any atom is 0.295 e. The van der Waals surface area contributed by atoms with E-state index < -0.39 is 17.7 Å². The lowest BCUT2D eigenvalue weighted by Gasteiger charge is -2.29. The third-order valence-electron chi connectivity index (χ3n) is 6.63. The molecule has 0 spiro atoms. The number of halogens is 1. The van der Waals surface area contributed by atoms with Gasteiger partial charge in [0.25, 0.3) is 11.7 Å². The number of morpholine rings is 1. The first-order valence-electron chi connectivity index (χ1n) is 12.5. The Balaban J connectivity index is 1.66. The number of aliphatic hydroxyl groups excluding tert-OH is 1. The normalized spacial score (nSPS) is 20.2. The van der Waals surface area contributed by atoms with Crippen LogP contribution in [-0.4, -0.2) is 72.6 Å². The molecular weight excluding hydrogens is 480 g/mol. The first-order chi connectivity index (χ1) is 17.4. The Morgan fingerprint density at radius 3 is 2.50 bits per heavy atom. The molecule has 192 valence electrons. The van der Waals surface area contributed by atoms with E-state index >= 15 is 0 Å². The zero-order valence-electron chi connectivity index (χ0n) is 20.8. The molecular formula is C28H33ClN2O5. The second kappa shape index (κ2) is 11.9. The van der Waals surface area contributed by atoms with Gasteiger partial charge in [-0.15, -0.1) is 0 Å². The third-order valence-corrected chi connectivity index (χ3v) is 6.88. The van der Waals surface area contributed by atoms with E-state index in [9.17, 15) is 14.7 Å². The van der Waals surface area contributed by atoms with Crippen molar-refractivity contribution in [1.82, 2.24) is 9.80 Å². The molecule has 4 rings (SSSR count). The van der Waals surface area contributed by atoms with E-state index in [4.69, 9.17) is 21.1 Å². The standard InChI is InChI=1S/C28H33ClN2O5/c1-3-15-36-22-9-10-23(19(2)18-22)26(32)24-25(20-5-7-21(29)8-6-20)31(28(34)27(24)33)12-4-11-30-13-16-35-17-14-30/h5-10,18,25,32H,3-4,11-17H2,1-2H3/b26-24+. The molecule has 1 amide bonds. The smallest absolute Gasteiger partial charge is 0.295 e. The van der Waals surface area contributed by atoms with E-state index in [-0.39, 0.29) is 11.3 Å². The number of likely N-dealkylation sites (tertiary alicyclic amines) is 1. The van der Waals surface area contributed by atoms with E-state index in [1.165, 1.54) is 0 Å². The molecule has 8 heteroatoms. The van der Waals surface area contributed by atoms with E-state index in [0.29, 0.717) is 49.1 Å². The Morgan fingerprint density at radius 1 is 1.11 bits per heavy atom. The highest BCUT2D eigenvalue weighted by molar-refractivity contribution is 6.46. The van der Waals surface area contributed by atoms with Crippen molar-refractivity contribution in [3.63, 3.8) is 0 Å². The van der Waals surface area contributed by atoms with Gasteiger partial charge < -0.3 is 19.5 Å². The quantitative estimate of drug-likeness (QED) is 0.301. The Kier molecular flexibility index (Phi) is 8.67. The number of carbonyl (C=O) groups excluding carboxylic acids is 2. The van der Waals surface area contributed by atoms with Crippen molar-refractivity contribution < 1.29 is 24.2 Å². The van der Waals surface area contributed by atoms with E-state index in [1.54, 1.807) is 41.3 Å². The number of amides is 1. The zero-order valence-corrected chi connectivity index (χ0v) is 21.6. The van der Waals surface area contributed by atoms with Gasteiger partial charge in [-0.1, -0.05) is 30.7 Å². The van der Waals surface area contributed by atoms with Crippen LogP contribution < -0.4 is 4.74 Å². The summed E-state index contributed by atoms with van der Waals surface area (Å²) < 4.78 is 11.1. The Hall–Kier alpha value is -2.87. The monoisotopic (exact) mass is 512 g/mol. The molecule has 1 unspecified atom stereocenters. The minimum absolute atomic E-state index is 0.0963. The third kappa shape index (κ3) is 5.75. The summed E-state index contributed by atoms with van der Waals surface area (Å²) in [5.41, 5.74) is 2.09. The van der Waals surface area contributed by atoms with Gasteiger partial charge in [0.05, 0.1) is 31.4 Å². The molecule has 0 saturated carbocycles. The number of carbonyl (C=O) groups is 2. The molecule has 1 atom stereocenters. The summed E-state index contributed by atoms with van der Waals surface area (Å²) in [6.07, 6.45) is 1.59. The van der Waals surface area contributed by atoms with Gasteiger partial charge in [-0.2, -0.15) is 0 Å². The molecule has 7 nitrogen and oxygen atoms in total. The Labute approximate surface area is 217 Å². The molecule has 0 aromatic heterocycles. The number of aryl methyl sites for hydroxylation is 1. The van der Waals surface area contributed by atoms with Crippen molar-refractivity contribution in [2.75, 3.05) is 46.0 Å². The van der Waals surface area contributed by atoms with Gasteiger partial charge in [0.2, 0.25) is 0 Å². The van der Waals surface area contributed by atoms with Gasteiger partial charge in [-0.3, -0.25) is 14.5 Å². The number of Topliss-reactive ketones (excluding diaryl/α,β-unsaturated/α-hetero) is 1. The summed E-state index contributed by atoms with van der Waals surface area (Å²) in [5, 5.41) is 11.9. The Bertz CT molecular complexity index is 1130. The van der Waals surface area contributed by atoms with Crippen molar-refractivity contribution in [1.29, 1.82) is 0 Å². The number of hydrogen-bond donors (Lipinski definition) is 1. The molecule has 1 N–H and O–H groups in total. The van der Waals surface area contributed by atoms with Crippen LogP contribution in [0.1, 0.15) is 42.5 Å². The molecule has 0 bridgehead atoms. The van der Waals surface area contributed by atoms with Gasteiger partial charge in [-0.25, -0.2) is 0 Å². The Morgan fingerprint density at radius 2 is 1.83 bits per heavy atom. The maximum absolute atomic E-state index is 13.3. The minimum atomic E-state index is -0.692. The fourth-order valence-corrected chi connectivity index (χ4v) is 4.87. The van der Waals surface area contributed by atoms with Gasteiger partial charge in [0.1, 0.15) is 11.5 Å².